The van der Waals surface area contributed by atoms with Crippen LogP contribution < -0.4 is 10.6 Å². The second-order valence-corrected chi connectivity index (χ2v) is 7.84. The van der Waals surface area contributed by atoms with Crippen molar-refractivity contribution in [2.24, 2.45) is 0 Å². The first-order valence-corrected chi connectivity index (χ1v) is 9.16. The molecule has 1 saturated heterocycles. The summed E-state index contributed by atoms with van der Waals surface area (Å²) in [4.78, 5) is 4.24. The number of nitrogens with two attached hydrogens (primary N) is 1. The fourth-order valence-corrected chi connectivity index (χ4v) is 3.57. The lowest BCUT2D eigenvalue weighted by atomic mass is 10.1. The maximum absolute atomic E-state index is 12.1. The molecular formula is C13H25N5O2S. The predicted molar refractivity (Wildman–Crippen MR) is 84.4 cm³/mol. The zero-order valence-corrected chi connectivity index (χ0v) is 13.9. The number of rotatable bonds is 5. The summed E-state index contributed by atoms with van der Waals surface area (Å²) in [5, 5.41) is 4.48. The Bertz CT molecular complexity index is 588. The number of nitrogens with zero attached hydrogens (tertiary/aromatic N) is 4. The third-order valence-corrected chi connectivity index (χ3v) is 4.85. The van der Waals surface area contributed by atoms with Gasteiger partial charge in [-0.05, 0) is 33.4 Å². The van der Waals surface area contributed by atoms with Crippen LogP contribution in [-0.2, 0) is 16.4 Å². The van der Waals surface area contributed by atoms with E-state index in [9.17, 15) is 8.42 Å². The molecule has 21 heavy (non-hydrogen) atoms. The molecule has 0 spiro atoms. The summed E-state index contributed by atoms with van der Waals surface area (Å²) in [6.45, 7) is 3.02. The minimum Gasteiger partial charge on any atom is -0.383 e. The highest BCUT2D eigenvalue weighted by atomic mass is 32.2. The zero-order valence-electron chi connectivity index (χ0n) is 13.0. The van der Waals surface area contributed by atoms with E-state index in [2.05, 4.69) is 5.10 Å². The van der Waals surface area contributed by atoms with Gasteiger partial charge in [-0.1, -0.05) is 0 Å². The molecule has 1 fully saturated rings. The van der Waals surface area contributed by atoms with Gasteiger partial charge in [-0.2, -0.15) is 5.10 Å². The summed E-state index contributed by atoms with van der Waals surface area (Å²) in [6, 6.07) is 0. The monoisotopic (exact) mass is 315 g/mol. The Morgan fingerprint density at radius 2 is 1.86 bits per heavy atom. The van der Waals surface area contributed by atoms with Gasteiger partial charge >= 0.3 is 0 Å². The average Bonchev–Trinajstić information content (AvgIpc) is 2.74. The normalized spacial score (nSPS) is 16.7. The first-order chi connectivity index (χ1) is 9.80. The van der Waals surface area contributed by atoms with Crippen molar-refractivity contribution in [1.29, 1.82) is 0 Å². The van der Waals surface area contributed by atoms with Gasteiger partial charge in [0, 0.05) is 25.9 Å². The Morgan fingerprint density at radius 3 is 2.38 bits per heavy atom. The van der Waals surface area contributed by atoms with Crippen molar-refractivity contribution in [3.63, 3.8) is 0 Å². The molecule has 0 amide bonds. The van der Waals surface area contributed by atoms with Gasteiger partial charge in [-0.3, -0.25) is 0 Å². The van der Waals surface area contributed by atoms with E-state index in [4.69, 9.17) is 5.73 Å². The van der Waals surface area contributed by atoms with Gasteiger partial charge in [0.2, 0.25) is 0 Å². The molecular weight excluding hydrogens is 290 g/mol. The first kappa shape index (κ1) is 16.1. The van der Waals surface area contributed by atoms with E-state index in [1.54, 1.807) is 4.68 Å². The number of anilines is 2. The third kappa shape index (κ3) is 3.68. The van der Waals surface area contributed by atoms with Gasteiger partial charge in [-0.15, -0.1) is 0 Å². The molecule has 8 heteroatoms. The number of hydrogen-bond acceptors (Lipinski definition) is 6. The SMILES string of the molecule is CN(C)CCn1nc(N2CCCCC2)c(S(C)(=O)=O)c1N. The van der Waals surface area contributed by atoms with Crippen LogP contribution in [0.5, 0.6) is 0 Å². The third-order valence-electron chi connectivity index (χ3n) is 3.71. The van der Waals surface area contributed by atoms with Gasteiger partial charge in [0.05, 0.1) is 6.54 Å². The molecule has 0 atom stereocenters. The number of nitrogen functional groups attached to an aromatic ring is 1. The lowest BCUT2D eigenvalue weighted by molar-refractivity contribution is 0.374. The summed E-state index contributed by atoms with van der Waals surface area (Å²) in [5.74, 6) is 0.772. The van der Waals surface area contributed by atoms with Crippen LogP contribution in [0.25, 0.3) is 0 Å². The molecule has 1 aliphatic heterocycles. The molecule has 2 heterocycles. The minimum atomic E-state index is -3.39. The molecule has 120 valence electrons. The van der Waals surface area contributed by atoms with E-state index in [-0.39, 0.29) is 10.7 Å². The Balaban J connectivity index is 2.39. The molecule has 0 aromatic carbocycles. The summed E-state index contributed by atoms with van der Waals surface area (Å²) >= 11 is 0. The molecule has 2 rings (SSSR count). The van der Waals surface area contributed by atoms with Crippen LogP contribution >= 0.6 is 0 Å². The molecule has 1 aromatic rings. The molecule has 2 N–H and O–H groups in total. The summed E-state index contributed by atoms with van der Waals surface area (Å²) in [5.41, 5.74) is 6.06. The fourth-order valence-electron chi connectivity index (χ4n) is 2.58. The van der Waals surface area contributed by atoms with Crippen LogP contribution in [0.1, 0.15) is 19.3 Å². The maximum atomic E-state index is 12.1. The smallest absolute Gasteiger partial charge is 0.182 e. The topological polar surface area (TPSA) is 84.5 Å². The van der Waals surface area contributed by atoms with Gasteiger partial charge in [0.15, 0.2) is 20.6 Å². The summed E-state index contributed by atoms with van der Waals surface area (Å²) in [6.07, 6.45) is 4.51. The molecule has 0 saturated carbocycles. The molecule has 0 aliphatic carbocycles. The number of aromatic nitrogens is 2. The van der Waals surface area contributed by atoms with E-state index in [0.717, 1.165) is 32.5 Å². The maximum Gasteiger partial charge on any atom is 0.182 e. The van der Waals surface area contributed by atoms with Crippen LogP contribution in [0.3, 0.4) is 0 Å². The van der Waals surface area contributed by atoms with Gasteiger partial charge < -0.3 is 15.5 Å². The van der Waals surface area contributed by atoms with Crippen LogP contribution in [0, 0.1) is 0 Å². The molecule has 0 unspecified atom stereocenters. The summed E-state index contributed by atoms with van der Waals surface area (Å²) < 4.78 is 25.8. The molecule has 0 bridgehead atoms. The minimum absolute atomic E-state index is 0.183. The quantitative estimate of drug-likeness (QED) is 0.848. The second kappa shape index (κ2) is 6.23. The van der Waals surface area contributed by atoms with Crippen LogP contribution in [0.15, 0.2) is 4.90 Å². The van der Waals surface area contributed by atoms with Crippen molar-refractivity contribution < 1.29 is 8.42 Å². The number of likely N-dealkylation sites (N-methyl/N-ethyl adjacent to an activating group) is 1. The fraction of sp³-hybridized carbons (Fsp3) is 0.769. The van der Waals surface area contributed by atoms with Crippen LogP contribution in [0.4, 0.5) is 11.6 Å². The van der Waals surface area contributed by atoms with Crippen LogP contribution in [0.2, 0.25) is 0 Å². The Morgan fingerprint density at radius 1 is 1.24 bits per heavy atom. The van der Waals surface area contributed by atoms with Gasteiger partial charge in [0.25, 0.3) is 0 Å². The average molecular weight is 315 g/mol. The predicted octanol–water partition coefficient (Wildman–Crippen LogP) is 0.421. The van der Waals surface area contributed by atoms with Crippen molar-refractivity contribution >= 4 is 21.5 Å². The zero-order chi connectivity index (χ0) is 15.6. The van der Waals surface area contributed by atoms with Crippen molar-refractivity contribution in [2.75, 3.05) is 50.6 Å². The highest BCUT2D eigenvalue weighted by molar-refractivity contribution is 7.91. The largest absolute Gasteiger partial charge is 0.383 e. The van der Waals surface area contributed by atoms with Gasteiger partial charge in [0.1, 0.15) is 5.82 Å². The Hall–Kier alpha value is -1.28. The highest BCUT2D eigenvalue weighted by Crippen LogP contribution is 2.31. The number of sulfone groups is 1. The van der Waals surface area contributed by atoms with Crippen molar-refractivity contribution in [2.45, 2.75) is 30.7 Å². The van der Waals surface area contributed by atoms with Gasteiger partial charge in [-0.25, -0.2) is 13.1 Å². The molecule has 0 radical (unpaired) electrons. The molecule has 1 aromatic heterocycles. The highest BCUT2D eigenvalue weighted by Gasteiger charge is 2.28. The lowest BCUT2D eigenvalue weighted by Gasteiger charge is -2.27. The summed E-state index contributed by atoms with van der Waals surface area (Å²) in [7, 11) is 0.527. The van der Waals surface area contributed by atoms with E-state index >= 15 is 0 Å². The Labute approximate surface area is 126 Å². The van der Waals surface area contributed by atoms with Crippen molar-refractivity contribution in [3.8, 4) is 0 Å². The number of piperidine rings is 1. The van der Waals surface area contributed by atoms with Crippen molar-refractivity contribution in [1.82, 2.24) is 14.7 Å². The molecule has 7 nitrogen and oxygen atoms in total. The van der Waals surface area contributed by atoms with Crippen LogP contribution in [-0.4, -0.2) is 63.1 Å². The Kier molecular flexibility index (Phi) is 4.77. The standard InChI is InChI=1S/C13H25N5O2S/c1-16(2)9-10-18-12(14)11(21(3,19)20)13(15-18)17-7-5-4-6-8-17/h4-10,14H2,1-3H3. The second-order valence-electron chi connectivity index (χ2n) is 5.88. The van der Waals surface area contributed by atoms with E-state index < -0.39 is 9.84 Å². The van der Waals surface area contributed by atoms with E-state index in [1.165, 1.54) is 12.7 Å². The van der Waals surface area contributed by atoms with E-state index in [0.29, 0.717) is 12.4 Å². The lowest BCUT2D eigenvalue weighted by Crippen LogP contribution is -2.31. The number of hydrogen-bond donors (Lipinski definition) is 1. The first-order valence-electron chi connectivity index (χ1n) is 7.26. The molecule has 1 aliphatic rings. The van der Waals surface area contributed by atoms with Crippen molar-refractivity contribution in [3.05, 3.63) is 0 Å². The van der Waals surface area contributed by atoms with E-state index in [1.807, 2.05) is 23.9 Å².